The highest BCUT2D eigenvalue weighted by atomic mass is 19.1. The van der Waals surface area contributed by atoms with E-state index >= 15 is 0 Å². The number of hydrogen-bond donors (Lipinski definition) is 0. The van der Waals surface area contributed by atoms with Crippen LogP contribution in [0.1, 0.15) is 20.3 Å². The molecule has 0 saturated carbocycles. The van der Waals surface area contributed by atoms with Crippen LogP contribution in [0.25, 0.3) is 0 Å². The molecule has 3 atom stereocenters. The molecule has 2 aliphatic carbocycles. The number of halogens is 2. The smallest absolute Gasteiger partial charge is 0.131 e. The van der Waals surface area contributed by atoms with Crippen molar-refractivity contribution >= 4 is 0 Å². The van der Waals surface area contributed by atoms with Crippen LogP contribution in [0, 0.1) is 11.3 Å². The van der Waals surface area contributed by atoms with Crippen molar-refractivity contribution in [1.82, 2.24) is 0 Å². The predicted molar refractivity (Wildman–Crippen MR) is 62.3 cm³/mol. The van der Waals surface area contributed by atoms with Crippen LogP contribution in [0.5, 0.6) is 0 Å². The zero-order valence-corrected chi connectivity index (χ0v) is 9.58. The first-order valence-corrected chi connectivity index (χ1v) is 5.58. The van der Waals surface area contributed by atoms with E-state index < -0.39 is 11.6 Å². The van der Waals surface area contributed by atoms with Crippen LogP contribution in [0.15, 0.2) is 47.9 Å². The summed E-state index contributed by atoms with van der Waals surface area (Å²) in [5, 5.41) is 0. The molecule has 2 aliphatic rings. The van der Waals surface area contributed by atoms with Gasteiger partial charge in [-0.25, -0.2) is 8.78 Å². The van der Waals surface area contributed by atoms with Crippen LogP contribution >= 0.6 is 0 Å². The fourth-order valence-electron chi connectivity index (χ4n) is 2.30. The molecule has 0 amide bonds. The lowest BCUT2D eigenvalue weighted by Crippen LogP contribution is -2.37. The number of allylic oxidation sites excluding steroid dienone is 8. The molecule has 16 heavy (non-hydrogen) atoms. The van der Waals surface area contributed by atoms with Gasteiger partial charge in [-0.1, -0.05) is 29.9 Å². The van der Waals surface area contributed by atoms with Gasteiger partial charge in [0.25, 0.3) is 0 Å². The van der Waals surface area contributed by atoms with Crippen molar-refractivity contribution in [2.75, 3.05) is 0 Å². The largest absolute Gasteiger partial charge is 0.242 e. The Bertz CT molecular complexity index is 401. The summed E-state index contributed by atoms with van der Waals surface area (Å²) >= 11 is 0. The normalized spacial score (nSPS) is 38.2. The second-order valence-corrected chi connectivity index (χ2v) is 4.73. The highest BCUT2D eigenvalue weighted by Crippen LogP contribution is 2.47. The number of rotatable bonds is 1. The SMILES string of the molecule is CC1=CCC(C2(C)C(F)=CC=CC2F)C=C1. The van der Waals surface area contributed by atoms with Crippen molar-refractivity contribution in [3.8, 4) is 0 Å². The van der Waals surface area contributed by atoms with E-state index in [9.17, 15) is 8.78 Å². The van der Waals surface area contributed by atoms with Gasteiger partial charge in [0, 0.05) is 0 Å². The Balaban J connectivity index is 2.29. The maximum Gasteiger partial charge on any atom is 0.131 e. The highest BCUT2D eigenvalue weighted by Gasteiger charge is 2.44. The van der Waals surface area contributed by atoms with Crippen LogP contribution in [-0.2, 0) is 0 Å². The molecule has 0 aromatic heterocycles. The molecule has 2 heteroatoms. The third-order valence-corrected chi connectivity index (χ3v) is 3.67. The van der Waals surface area contributed by atoms with Gasteiger partial charge in [0.2, 0.25) is 0 Å². The summed E-state index contributed by atoms with van der Waals surface area (Å²) < 4.78 is 27.8. The molecule has 0 bridgehead atoms. The summed E-state index contributed by atoms with van der Waals surface area (Å²) in [5.41, 5.74) is 0.119. The second-order valence-electron chi connectivity index (χ2n) is 4.73. The molecule has 0 aliphatic heterocycles. The summed E-state index contributed by atoms with van der Waals surface area (Å²) in [6, 6.07) is 0. The van der Waals surface area contributed by atoms with Gasteiger partial charge in [-0.2, -0.15) is 0 Å². The van der Waals surface area contributed by atoms with E-state index in [0.717, 1.165) is 5.57 Å². The maximum atomic E-state index is 13.9. The lowest BCUT2D eigenvalue weighted by atomic mass is 9.68. The van der Waals surface area contributed by atoms with Gasteiger partial charge in [0.05, 0.1) is 5.41 Å². The Morgan fingerprint density at radius 3 is 2.69 bits per heavy atom. The first-order chi connectivity index (χ1) is 7.55. The predicted octanol–water partition coefficient (Wildman–Crippen LogP) is 4.28. The molecule has 0 fully saturated rings. The Labute approximate surface area is 95.0 Å². The summed E-state index contributed by atoms with van der Waals surface area (Å²) in [7, 11) is 0. The van der Waals surface area contributed by atoms with Gasteiger partial charge in [0.15, 0.2) is 0 Å². The van der Waals surface area contributed by atoms with Gasteiger partial charge >= 0.3 is 0 Å². The van der Waals surface area contributed by atoms with Gasteiger partial charge in [-0.15, -0.1) is 0 Å². The van der Waals surface area contributed by atoms with Crippen LogP contribution in [-0.4, -0.2) is 6.17 Å². The fourth-order valence-corrected chi connectivity index (χ4v) is 2.30. The molecular weight excluding hydrogens is 206 g/mol. The van der Waals surface area contributed by atoms with E-state index in [1.807, 2.05) is 25.2 Å². The zero-order valence-electron chi connectivity index (χ0n) is 9.58. The Kier molecular flexibility index (Phi) is 2.83. The van der Waals surface area contributed by atoms with Gasteiger partial charge in [0.1, 0.15) is 12.0 Å². The first-order valence-electron chi connectivity index (χ1n) is 5.58. The van der Waals surface area contributed by atoms with Crippen molar-refractivity contribution in [2.24, 2.45) is 11.3 Å². The molecule has 0 spiro atoms. The molecule has 86 valence electrons. The summed E-state index contributed by atoms with van der Waals surface area (Å²) in [5.74, 6) is -0.461. The van der Waals surface area contributed by atoms with Crippen molar-refractivity contribution in [3.63, 3.8) is 0 Å². The fraction of sp³-hybridized carbons (Fsp3) is 0.429. The molecular formula is C14H16F2. The third-order valence-electron chi connectivity index (χ3n) is 3.67. The first kappa shape index (κ1) is 11.3. The van der Waals surface area contributed by atoms with Crippen molar-refractivity contribution < 1.29 is 8.78 Å². The molecule has 2 rings (SSSR count). The van der Waals surface area contributed by atoms with E-state index in [2.05, 4.69) is 0 Å². The molecule has 3 unspecified atom stereocenters. The van der Waals surface area contributed by atoms with Crippen molar-refractivity contribution in [1.29, 1.82) is 0 Å². The molecule has 0 nitrogen and oxygen atoms in total. The monoisotopic (exact) mass is 222 g/mol. The number of hydrogen-bond acceptors (Lipinski definition) is 0. The molecule has 0 saturated heterocycles. The lowest BCUT2D eigenvalue weighted by Gasteiger charge is -2.38. The van der Waals surface area contributed by atoms with Gasteiger partial charge < -0.3 is 0 Å². The molecule has 0 heterocycles. The quantitative estimate of drug-likeness (QED) is 0.621. The van der Waals surface area contributed by atoms with Crippen LogP contribution < -0.4 is 0 Å². The Morgan fingerprint density at radius 2 is 2.12 bits per heavy atom. The van der Waals surface area contributed by atoms with Gasteiger partial charge in [-0.3, -0.25) is 0 Å². The Morgan fingerprint density at radius 1 is 1.38 bits per heavy atom. The minimum absolute atomic E-state index is 0.104. The average molecular weight is 222 g/mol. The van der Waals surface area contributed by atoms with E-state index in [0.29, 0.717) is 6.42 Å². The molecule has 0 aromatic rings. The summed E-state index contributed by atoms with van der Waals surface area (Å²) in [4.78, 5) is 0. The standard InChI is InChI=1S/C14H16F2/c1-10-6-8-11(9-7-10)14(2)12(15)4-3-5-13(14)16/h3-8,11-12H,9H2,1-2H3. The van der Waals surface area contributed by atoms with Crippen molar-refractivity contribution in [3.05, 3.63) is 47.9 Å². The summed E-state index contributed by atoms with van der Waals surface area (Å²) in [6.07, 6.45) is 9.61. The third kappa shape index (κ3) is 1.66. The van der Waals surface area contributed by atoms with E-state index in [4.69, 9.17) is 0 Å². The highest BCUT2D eigenvalue weighted by molar-refractivity contribution is 5.31. The van der Waals surface area contributed by atoms with Gasteiger partial charge in [-0.05, 0) is 38.3 Å². The lowest BCUT2D eigenvalue weighted by molar-refractivity contribution is 0.120. The van der Waals surface area contributed by atoms with Crippen LogP contribution in [0.3, 0.4) is 0 Å². The maximum absolute atomic E-state index is 13.9. The molecule has 0 radical (unpaired) electrons. The topological polar surface area (TPSA) is 0 Å². The second kappa shape index (κ2) is 4.00. The minimum Gasteiger partial charge on any atom is -0.242 e. The number of alkyl halides is 1. The van der Waals surface area contributed by atoms with Crippen LogP contribution in [0.2, 0.25) is 0 Å². The van der Waals surface area contributed by atoms with Crippen LogP contribution in [0.4, 0.5) is 8.78 Å². The average Bonchev–Trinajstić information content (AvgIpc) is 2.27. The molecule has 0 aromatic carbocycles. The minimum atomic E-state index is -1.25. The Hall–Kier alpha value is -1.18. The summed E-state index contributed by atoms with van der Waals surface area (Å²) in [6.45, 7) is 3.66. The zero-order chi connectivity index (χ0) is 11.8. The van der Waals surface area contributed by atoms with Crippen molar-refractivity contribution in [2.45, 2.75) is 26.4 Å². The van der Waals surface area contributed by atoms with E-state index in [1.165, 1.54) is 18.2 Å². The van der Waals surface area contributed by atoms with E-state index in [-0.39, 0.29) is 11.7 Å². The van der Waals surface area contributed by atoms with E-state index in [1.54, 1.807) is 6.92 Å². The molecule has 0 N–H and O–H groups in total.